The fourth-order valence-electron chi connectivity index (χ4n) is 3.66. The molecule has 0 bridgehead atoms. The molecule has 1 fully saturated rings. The van der Waals surface area contributed by atoms with Gasteiger partial charge in [0.2, 0.25) is 17.7 Å². The van der Waals surface area contributed by atoms with Crippen molar-refractivity contribution in [2.45, 2.75) is 43.5 Å². The van der Waals surface area contributed by atoms with E-state index in [9.17, 15) is 19.2 Å². The molecule has 0 spiro atoms. The zero-order valence-electron chi connectivity index (χ0n) is 18.8. The number of para-hydroxylation sites is 1. The maximum absolute atomic E-state index is 13.1. The number of thioether (sulfide) groups is 1. The Hall–Kier alpha value is -3.24. The molecule has 1 saturated heterocycles. The molecular formula is C24H24N4O4S2. The molecule has 1 unspecified atom stereocenters. The second-order valence-electron chi connectivity index (χ2n) is 7.70. The SMILES string of the molecule is CCC(=O)N(NC(=O)CSc1nc2ccccc2s1)C1CC(=O)N(c2ccc(CC)cc2)C1=O. The number of nitrogens with one attached hydrogen (secondary N) is 1. The Morgan fingerprint density at radius 3 is 2.56 bits per heavy atom. The van der Waals surface area contributed by atoms with Gasteiger partial charge in [-0.15, -0.1) is 11.3 Å². The quantitative estimate of drug-likeness (QED) is 0.305. The van der Waals surface area contributed by atoms with E-state index in [0.717, 1.165) is 36.4 Å². The van der Waals surface area contributed by atoms with E-state index in [1.807, 2.05) is 43.3 Å². The van der Waals surface area contributed by atoms with Gasteiger partial charge in [0.25, 0.3) is 5.91 Å². The number of thiazole rings is 1. The molecule has 0 radical (unpaired) electrons. The minimum Gasteiger partial charge on any atom is -0.274 e. The Balaban J connectivity index is 1.45. The maximum atomic E-state index is 13.1. The molecule has 4 amide bonds. The van der Waals surface area contributed by atoms with Crippen LogP contribution in [-0.4, -0.2) is 45.4 Å². The molecule has 10 heteroatoms. The van der Waals surface area contributed by atoms with Crippen molar-refractivity contribution < 1.29 is 19.2 Å². The minimum absolute atomic E-state index is 0.0182. The lowest BCUT2D eigenvalue weighted by Crippen LogP contribution is -2.55. The second kappa shape index (κ2) is 10.4. The lowest BCUT2D eigenvalue weighted by Gasteiger charge is -2.27. The van der Waals surface area contributed by atoms with Gasteiger partial charge in [0, 0.05) is 6.42 Å². The summed E-state index contributed by atoms with van der Waals surface area (Å²) in [6.07, 6.45) is 0.727. The summed E-state index contributed by atoms with van der Waals surface area (Å²) >= 11 is 2.74. The number of carbonyl (C=O) groups excluding carboxylic acids is 4. The molecule has 176 valence electrons. The average molecular weight is 497 g/mol. The molecule has 34 heavy (non-hydrogen) atoms. The Labute approximate surface area is 205 Å². The zero-order valence-corrected chi connectivity index (χ0v) is 20.4. The molecular weight excluding hydrogens is 472 g/mol. The lowest BCUT2D eigenvalue weighted by molar-refractivity contribution is -0.146. The fourth-order valence-corrected chi connectivity index (χ4v) is 5.52. The van der Waals surface area contributed by atoms with E-state index >= 15 is 0 Å². The molecule has 3 aromatic rings. The predicted molar refractivity (Wildman–Crippen MR) is 132 cm³/mol. The normalized spacial score (nSPS) is 15.7. The van der Waals surface area contributed by atoms with Crippen LogP contribution in [-0.2, 0) is 25.6 Å². The molecule has 1 aromatic heterocycles. The summed E-state index contributed by atoms with van der Waals surface area (Å²) in [6, 6.07) is 13.8. The number of fused-ring (bicyclic) bond motifs is 1. The van der Waals surface area contributed by atoms with Crippen LogP contribution >= 0.6 is 23.1 Å². The van der Waals surface area contributed by atoms with Crippen LogP contribution in [0.4, 0.5) is 5.69 Å². The number of anilines is 1. The third kappa shape index (κ3) is 4.97. The van der Waals surface area contributed by atoms with E-state index in [0.29, 0.717) is 5.69 Å². The van der Waals surface area contributed by atoms with Crippen molar-refractivity contribution in [3.8, 4) is 0 Å². The number of hydrogen-bond acceptors (Lipinski definition) is 7. The molecule has 2 heterocycles. The minimum atomic E-state index is -1.08. The number of imide groups is 1. The van der Waals surface area contributed by atoms with E-state index in [2.05, 4.69) is 10.4 Å². The molecule has 0 saturated carbocycles. The summed E-state index contributed by atoms with van der Waals surface area (Å²) in [5, 5.41) is 1.02. The van der Waals surface area contributed by atoms with Crippen molar-refractivity contribution >= 4 is 62.6 Å². The van der Waals surface area contributed by atoms with E-state index in [4.69, 9.17) is 0 Å². The number of hydrogen-bond donors (Lipinski definition) is 1. The molecule has 4 rings (SSSR count). The standard InChI is InChI=1S/C24H24N4O4S2/c1-3-15-9-11-16(12-10-15)27-22(31)13-18(23(27)32)28(21(30)4-2)26-20(29)14-33-24-25-17-7-5-6-8-19(17)34-24/h5-12,18H,3-4,13-14H2,1-2H3,(H,26,29). The van der Waals surface area contributed by atoms with Crippen molar-refractivity contribution in [2.24, 2.45) is 0 Å². The van der Waals surface area contributed by atoms with Gasteiger partial charge in [0.1, 0.15) is 6.04 Å². The van der Waals surface area contributed by atoms with Gasteiger partial charge >= 0.3 is 0 Å². The summed E-state index contributed by atoms with van der Waals surface area (Å²) in [5.74, 6) is -1.81. The Kier molecular flexibility index (Phi) is 7.28. The summed E-state index contributed by atoms with van der Waals surface area (Å²) < 4.78 is 1.76. The van der Waals surface area contributed by atoms with Gasteiger partial charge in [0.05, 0.1) is 28.1 Å². The van der Waals surface area contributed by atoms with Crippen LogP contribution in [0.1, 0.15) is 32.3 Å². The van der Waals surface area contributed by atoms with Crippen LogP contribution in [0.3, 0.4) is 0 Å². The van der Waals surface area contributed by atoms with Crippen molar-refractivity contribution in [1.82, 2.24) is 15.4 Å². The first-order chi connectivity index (χ1) is 16.4. The smallest absolute Gasteiger partial charge is 0.259 e. The lowest BCUT2D eigenvalue weighted by atomic mass is 10.1. The maximum Gasteiger partial charge on any atom is 0.259 e. The van der Waals surface area contributed by atoms with E-state index < -0.39 is 29.7 Å². The van der Waals surface area contributed by atoms with Crippen LogP contribution in [0, 0.1) is 0 Å². The van der Waals surface area contributed by atoms with Gasteiger partial charge in [-0.05, 0) is 36.2 Å². The number of aryl methyl sites for hydroxylation is 1. The summed E-state index contributed by atoms with van der Waals surface area (Å²) in [7, 11) is 0. The Morgan fingerprint density at radius 2 is 1.88 bits per heavy atom. The first-order valence-corrected chi connectivity index (χ1v) is 12.8. The van der Waals surface area contributed by atoms with Crippen LogP contribution in [0.15, 0.2) is 52.9 Å². The number of aromatic nitrogens is 1. The topological polar surface area (TPSA) is 99.7 Å². The number of hydrazine groups is 1. The Bertz CT molecular complexity index is 1210. The summed E-state index contributed by atoms with van der Waals surface area (Å²) in [4.78, 5) is 56.7. The van der Waals surface area contributed by atoms with E-state index in [1.54, 1.807) is 19.1 Å². The third-order valence-corrected chi connectivity index (χ3v) is 7.63. The van der Waals surface area contributed by atoms with Gasteiger partial charge in [0.15, 0.2) is 4.34 Å². The van der Waals surface area contributed by atoms with Crippen LogP contribution < -0.4 is 10.3 Å². The van der Waals surface area contributed by atoms with Crippen LogP contribution in [0.25, 0.3) is 10.2 Å². The van der Waals surface area contributed by atoms with Crippen molar-refractivity contribution in [3.05, 3.63) is 54.1 Å². The first kappa shape index (κ1) is 23.9. The number of carbonyl (C=O) groups is 4. The van der Waals surface area contributed by atoms with Gasteiger partial charge < -0.3 is 0 Å². The fraction of sp³-hybridized carbons (Fsp3) is 0.292. The van der Waals surface area contributed by atoms with E-state index in [1.165, 1.54) is 23.1 Å². The third-order valence-electron chi connectivity index (χ3n) is 5.45. The highest BCUT2D eigenvalue weighted by atomic mass is 32.2. The number of benzene rings is 2. The van der Waals surface area contributed by atoms with Gasteiger partial charge in [-0.3, -0.25) is 24.6 Å². The van der Waals surface area contributed by atoms with Crippen molar-refractivity contribution in [2.75, 3.05) is 10.7 Å². The molecule has 1 aliphatic heterocycles. The van der Waals surface area contributed by atoms with Gasteiger partial charge in [-0.2, -0.15) is 0 Å². The monoisotopic (exact) mass is 496 g/mol. The highest BCUT2D eigenvalue weighted by molar-refractivity contribution is 8.01. The molecule has 8 nitrogen and oxygen atoms in total. The highest BCUT2D eigenvalue weighted by Gasteiger charge is 2.45. The molecule has 1 atom stereocenters. The van der Waals surface area contributed by atoms with Crippen molar-refractivity contribution in [1.29, 1.82) is 0 Å². The molecule has 1 aliphatic rings. The number of rotatable bonds is 7. The highest BCUT2D eigenvalue weighted by Crippen LogP contribution is 2.29. The molecule has 1 N–H and O–H groups in total. The summed E-state index contributed by atoms with van der Waals surface area (Å²) in [5.41, 5.74) is 4.96. The number of amides is 4. The van der Waals surface area contributed by atoms with Gasteiger partial charge in [-0.25, -0.2) is 14.9 Å². The molecule has 0 aliphatic carbocycles. The van der Waals surface area contributed by atoms with Gasteiger partial charge in [-0.1, -0.05) is 49.9 Å². The zero-order chi connectivity index (χ0) is 24.2. The second-order valence-corrected chi connectivity index (χ2v) is 9.95. The first-order valence-electron chi connectivity index (χ1n) is 11.0. The largest absolute Gasteiger partial charge is 0.274 e. The predicted octanol–water partition coefficient (Wildman–Crippen LogP) is 3.55. The average Bonchev–Trinajstić information content (AvgIpc) is 3.40. The van der Waals surface area contributed by atoms with E-state index in [-0.39, 0.29) is 18.6 Å². The molecule has 2 aromatic carbocycles. The Morgan fingerprint density at radius 1 is 1.15 bits per heavy atom. The van der Waals surface area contributed by atoms with Crippen molar-refractivity contribution in [3.63, 3.8) is 0 Å². The van der Waals surface area contributed by atoms with Crippen LogP contribution in [0.5, 0.6) is 0 Å². The van der Waals surface area contributed by atoms with Crippen LogP contribution in [0.2, 0.25) is 0 Å². The number of nitrogens with zero attached hydrogens (tertiary/aromatic N) is 3. The summed E-state index contributed by atoms with van der Waals surface area (Å²) in [6.45, 7) is 3.66.